The molecule has 0 spiro atoms. The van der Waals surface area contributed by atoms with E-state index in [9.17, 15) is 19.2 Å². The first-order chi connectivity index (χ1) is 19.0. The van der Waals surface area contributed by atoms with E-state index in [1.807, 2.05) is 31.2 Å². The molecule has 0 amide bonds. The normalized spacial score (nSPS) is 22.1. The number of ether oxygens (including phenoxy) is 6. The van der Waals surface area contributed by atoms with Crippen LogP contribution in [0, 0.1) is 6.92 Å². The number of benzene rings is 1. The molecule has 5 atom stereocenters. The predicted molar refractivity (Wildman–Crippen MR) is 137 cm³/mol. The molecule has 2 heterocycles. The Balaban J connectivity index is 1.90. The fourth-order valence-electron chi connectivity index (χ4n) is 4.24. The van der Waals surface area contributed by atoms with Gasteiger partial charge in [0.1, 0.15) is 30.8 Å². The molecule has 1 saturated heterocycles. The monoisotopic (exact) mass is 559 g/mol. The van der Waals surface area contributed by atoms with Crippen LogP contribution in [0.25, 0.3) is 0 Å². The maximum absolute atomic E-state index is 12.0. The molecule has 13 heteroatoms. The Morgan fingerprint density at radius 3 is 2.23 bits per heavy atom. The third kappa shape index (κ3) is 8.12. The zero-order valence-electron chi connectivity index (χ0n) is 23.0. The van der Waals surface area contributed by atoms with Gasteiger partial charge in [-0.2, -0.15) is 0 Å². The van der Waals surface area contributed by atoms with E-state index >= 15 is 0 Å². The molecule has 40 heavy (non-hydrogen) atoms. The largest absolute Gasteiger partial charge is 0.487 e. The molecule has 0 aliphatic carbocycles. The molecule has 0 unspecified atom stereocenters. The highest BCUT2D eigenvalue weighted by Gasteiger charge is 2.53. The molecule has 0 radical (unpaired) electrons. The Morgan fingerprint density at radius 1 is 0.975 bits per heavy atom. The molecule has 1 aromatic carbocycles. The van der Waals surface area contributed by atoms with Gasteiger partial charge in [-0.15, -0.1) is 11.7 Å². The van der Waals surface area contributed by atoms with Gasteiger partial charge in [0.15, 0.2) is 24.5 Å². The van der Waals surface area contributed by atoms with E-state index < -0.39 is 54.5 Å². The van der Waals surface area contributed by atoms with Crippen molar-refractivity contribution in [2.45, 2.75) is 78.3 Å². The summed E-state index contributed by atoms with van der Waals surface area (Å²) in [6.07, 6.45) is -2.09. The summed E-state index contributed by atoms with van der Waals surface area (Å²) >= 11 is 0. The van der Waals surface area contributed by atoms with Gasteiger partial charge in [0.05, 0.1) is 6.20 Å². The fraction of sp³-hybridized carbons (Fsp3) is 0.481. The highest BCUT2D eigenvalue weighted by molar-refractivity contribution is 5.68. The standard InChI is InChI=1S/C27H33N3O10/c1-7-8-20-9-10-22(15(2)11-20)36-13-21-12-30(29-28-21)27-26(39-19(6)34)25(38-18(5)33)24(37-17(4)32)23(40-27)14-35-16(3)31/h7,9-12,23-27H,1,8,13-14H2,2-6H3/t23-,24-,25+,26-,27-/m1/s1. The second-order valence-electron chi connectivity index (χ2n) is 9.16. The van der Waals surface area contributed by atoms with Gasteiger partial charge in [-0.05, 0) is 30.5 Å². The maximum atomic E-state index is 12.0. The summed E-state index contributed by atoms with van der Waals surface area (Å²) in [5.41, 5.74) is 2.46. The van der Waals surface area contributed by atoms with Gasteiger partial charge in [0, 0.05) is 27.7 Å². The highest BCUT2D eigenvalue weighted by atomic mass is 16.7. The van der Waals surface area contributed by atoms with Gasteiger partial charge in [0.25, 0.3) is 0 Å². The van der Waals surface area contributed by atoms with E-state index in [4.69, 9.17) is 28.4 Å². The summed E-state index contributed by atoms with van der Waals surface area (Å²) in [6, 6.07) is 5.81. The van der Waals surface area contributed by atoms with Crippen LogP contribution in [0.3, 0.4) is 0 Å². The summed E-state index contributed by atoms with van der Waals surface area (Å²) in [5.74, 6) is -2.11. The van der Waals surface area contributed by atoms with E-state index in [-0.39, 0.29) is 13.2 Å². The molecule has 1 aliphatic heterocycles. The van der Waals surface area contributed by atoms with Gasteiger partial charge < -0.3 is 28.4 Å². The van der Waals surface area contributed by atoms with Crippen molar-refractivity contribution < 1.29 is 47.6 Å². The molecule has 1 fully saturated rings. The number of carbonyl (C=O) groups excluding carboxylic acids is 4. The van der Waals surface area contributed by atoms with Crippen molar-refractivity contribution in [2.75, 3.05) is 6.61 Å². The van der Waals surface area contributed by atoms with E-state index in [1.165, 1.54) is 17.8 Å². The minimum Gasteiger partial charge on any atom is -0.487 e. The molecular weight excluding hydrogens is 526 g/mol. The average molecular weight is 560 g/mol. The third-order valence-electron chi connectivity index (χ3n) is 5.78. The number of nitrogens with zero attached hydrogens (tertiary/aromatic N) is 3. The second-order valence-corrected chi connectivity index (χ2v) is 9.16. The number of hydrogen-bond donors (Lipinski definition) is 0. The van der Waals surface area contributed by atoms with E-state index in [0.717, 1.165) is 38.3 Å². The predicted octanol–water partition coefficient (Wildman–Crippen LogP) is 2.15. The highest BCUT2D eigenvalue weighted by Crippen LogP contribution is 2.34. The lowest BCUT2D eigenvalue weighted by molar-refractivity contribution is -0.270. The van der Waals surface area contributed by atoms with E-state index in [1.54, 1.807) is 0 Å². The quantitative estimate of drug-likeness (QED) is 0.225. The van der Waals surface area contributed by atoms with Crippen LogP contribution in [0.5, 0.6) is 5.75 Å². The lowest BCUT2D eigenvalue weighted by atomic mass is 9.97. The van der Waals surface area contributed by atoms with E-state index in [2.05, 4.69) is 16.9 Å². The zero-order chi connectivity index (χ0) is 29.4. The minimum absolute atomic E-state index is 0.0624. The van der Waals surface area contributed by atoms with Crippen molar-refractivity contribution in [3.05, 3.63) is 53.9 Å². The number of carbonyl (C=O) groups is 4. The van der Waals surface area contributed by atoms with Crippen molar-refractivity contribution >= 4 is 23.9 Å². The van der Waals surface area contributed by atoms with Gasteiger partial charge in [-0.25, -0.2) is 4.68 Å². The van der Waals surface area contributed by atoms with Crippen molar-refractivity contribution in [1.29, 1.82) is 0 Å². The molecule has 1 aromatic heterocycles. The molecule has 13 nitrogen and oxygen atoms in total. The van der Waals surface area contributed by atoms with Gasteiger partial charge in [-0.3, -0.25) is 19.2 Å². The molecule has 0 N–H and O–H groups in total. The van der Waals surface area contributed by atoms with Crippen LogP contribution in [-0.2, 0) is 55.9 Å². The Bertz CT molecular complexity index is 1240. The first kappa shape index (κ1) is 30.3. The van der Waals surface area contributed by atoms with Crippen molar-refractivity contribution in [3.63, 3.8) is 0 Å². The summed E-state index contributed by atoms with van der Waals surface area (Å²) < 4.78 is 34.7. The summed E-state index contributed by atoms with van der Waals surface area (Å²) in [5, 5.41) is 8.23. The Kier molecular flexibility index (Phi) is 10.4. The number of hydrogen-bond acceptors (Lipinski definition) is 12. The molecule has 0 saturated carbocycles. The minimum atomic E-state index is -1.31. The fourth-order valence-corrected chi connectivity index (χ4v) is 4.24. The summed E-state index contributed by atoms with van der Waals surface area (Å²) in [4.78, 5) is 47.5. The third-order valence-corrected chi connectivity index (χ3v) is 5.78. The topological polar surface area (TPSA) is 154 Å². The lowest BCUT2D eigenvalue weighted by Crippen LogP contribution is -2.60. The number of rotatable bonds is 11. The lowest BCUT2D eigenvalue weighted by Gasteiger charge is -2.44. The Labute approximate surface area is 231 Å². The molecule has 3 rings (SSSR count). The van der Waals surface area contributed by atoms with E-state index in [0.29, 0.717) is 11.4 Å². The van der Waals surface area contributed by atoms with Crippen LogP contribution >= 0.6 is 0 Å². The van der Waals surface area contributed by atoms with Crippen molar-refractivity contribution in [3.8, 4) is 5.75 Å². The average Bonchev–Trinajstić information content (AvgIpc) is 3.33. The summed E-state index contributed by atoms with van der Waals surface area (Å²) in [6.45, 7) is 10.1. The smallest absolute Gasteiger partial charge is 0.303 e. The Hall–Kier alpha value is -4.26. The second kappa shape index (κ2) is 13.7. The molecule has 0 bridgehead atoms. The first-order valence-corrected chi connectivity index (χ1v) is 12.5. The maximum Gasteiger partial charge on any atom is 0.303 e. The summed E-state index contributed by atoms with van der Waals surface area (Å²) in [7, 11) is 0. The van der Waals surface area contributed by atoms with Crippen molar-refractivity contribution in [2.24, 2.45) is 0 Å². The van der Waals surface area contributed by atoms with Crippen LogP contribution in [0.1, 0.15) is 50.7 Å². The molecule has 2 aromatic rings. The Morgan fingerprint density at radius 2 is 1.62 bits per heavy atom. The van der Waals surface area contributed by atoms with Crippen LogP contribution in [0.2, 0.25) is 0 Å². The van der Waals surface area contributed by atoms with Crippen LogP contribution in [-0.4, -0.2) is 69.9 Å². The number of allylic oxidation sites excluding steroid dienone is 1. The van der Waals surface area contributed by atoms with Crippen LogP contribution in [0.15, 0.2) is 37.1 Å². The number of esters is 4. The molecule has 216 valence electrons. The van der Waals surface area contributed by atoms with Crippen LogP contribution < -0.4 is 4.74 Å². The van der Waals surface area contributed by atoms with Crippen molar-refractivity contribution in [1.82, 2.24) is 15.0 Å². The van der Waals surface area contributed by atoms with Gasteiger partial charge in [-0.1, -0.05) is 23.4 Å². The number of aryl methyl sites for hydroxylation is 1. The van der Waals surface area contributed by atoms with Gasteiger partial charge in [0.2, 0.25) is 0 Å². The SMILES string of the molecule is C=CCc1ccc(OCc2cn([C@@H]3O[C@H](COC(C)=O)[C@@H](OC(C)=O)[C@H](OC(C)=O)[C@H]3OC(C)=O)nn2)c(C)c1. The first-order valence-electron chi connectivity index (χ1n) is 12.5. The number of aromatic nitrogens is 3. The van der Waals surface area contributed by atoms with Gasteiger partial charge >= 0.3 is 23.9 Å². The molecular formula is C27H33N3O10. The zero-order valence-corrected chi connectivity index (χ0v) is 23.0. The molecule has 1 aliphatic rings. The van der Waals surface area contributed by atoms with Crippen LogP contribution in [0.4, 0.5) is 0 Å².